The number of rotatable bonds is 7. The molecule has 3 aromatic rings. The number of hydrogen-bond donors (Lipinski definition) is 2. The lowest BCUT2D eigenvalue weighted by atomic mass is 10.1. The number of aromatic nitrogens is 2. The van der Waals surface area contributed by atoms with Gasteiger partial charge in [0.2, 0.25) is 0 Å². The smallest absolute Gasteiger partial charge is 0.136 e. The van der Waals surface area contributed by atoms with Crippen molar-refractivity contribution in [3.8, 4) is 5.75 Å². The zero-order valence-corrected chi connectivity index (χ0v) is 16.5. The minimum atomic E-state index is 0.686. The second kappa shape index (κ2) is 8.73. The van der Waals surface area contributed by atoms with Crippen LogP contribution in [0.25, 0.3) is 0 Å². The molecular weight excluding hydrogens is 360 g/mol. The summed E-state index contributed by atoms with van der Waals surface area (Å²) < 4.78 is 5.27. The molecule has 1 heterocycles. The second-order valence-electron chi connectivity index (χ2n) is 6.30. The van der Waals surface area contributed by atoms with E-state index in [-0.39, 0.29) is 0 Å². The van der Waals surface area contributed by atoms with Gasteiger partial charge in [0.1, 0.15) is 23.2 Å². The lowest BCUT2D eigenvalue weighted by Gasteiger charge is -2.12. The molecule has 0 aliphatic heterocycles. The maximum atomic E-state index is 6.10. The van der Waals surface area contributed by atoms with Crippen molar-refractivity contribution in [1.29, 1.82) is 0 Å². The van der Waals surface area contributed by atoms with Crippen LogP contribution in [0.15, 0.2) is 48.5 Å². The molecule has 0 unspecified atom stereocenters. The molecule has 2 aromatic carbocycles. The number of methoxy groups -OCH3 is 1. The summed E-state index contributed by atoms with van der Waals surface area (Å²) in [7, 11) is 1.68. The van der Waals surface area contributed by atoms with Crippen LogP contribution in [0.1, 0.15) is 17.0 Å². The fraction of sp³-hybridized carbons (Fsp3) is 0.238. The summed E-state index contributed by atoms with van der Waals surface area (Å²) >= 11 is 6.10. The quantitative estimate of drug-likeness (QED) is 0.591. The first-order valence-corrected chi connectivity index (χ1v) is 9.17. The van der Waals surface area contributed by atoms with Crippen LogP contribution in [0.3, 0.4) is 0 Å². The van der Waals surface area contributed by atoms with Gasteiger partial charge >= 0.3 is 0 Å². The number of ether oxygens (including phenoxy) is 1. The molecule has 0 aliphatic carbocycles. The first-order valence-electron chi connectivity index (χ1n) is 8.79. The third-order valence-corrected chi connectivity index (χ3v) is 4.39. The predicted molar refractivity (Wildman–Crippen MR) is 111 cm³/mol. The Morgan fingerprint density at radius 2 is 1.81 bits per heavy atom. The van der Waals surface area contributed by atoms with Crippen molar-refractivity contribution in [1.82, 2.24) is 9.97 Å². The summed E-state index contributed by atoms with van der Waals surface area (Å²) in [5.41, 5.74) is 3.24. The van der Waals surface area contributed by atoms with Gasteiger partial charge < -0.3 is 15.4 Å². The normalized spacial score (nSPS) is 10.5. The maximum Gasteiger partial charge on any atom is 0.136 e. The van der Waals surface area contributed by atoms with Crippen molar-refractivity contribution < 1.29 is 4.74 Å². The monoisotopic (exact) mass is 382 g/mol. The molecule has 0 fully saturated rings. The van der Waals surface area contributed by atoms with E-state index in [1.165, 1.54) is 5.56 Å². The maximum absolute atomic E-state index is 6.10. The van der Waals surface area contributed by atoms with E-state index in [1.54, 1.807) is 7.11 Å². The summed E-state index contributed by atoms with van der Waals surface area (Å²) in [6.07, 6.45) is 0.871. The van der Waals surface area contributed by atoms with Crippen LogP contribution in [0.4, 0.5) is 17.3 Å². The van der Waals surface area contributed by atoms with Gasteiger partial charge in [-0.15, -0.1) is 0 Å². The van der Waals surface area contributed by atoms with Gasteiger partial charge in [-0.1, -0.05) is 29.8 Å². The molecule has 1 aromatic heterocycles. The van der Waals surface area contributed by atoms with Gasteiger partial charge in [-0.25, -0.2) is 9.97 Å². The number of nitrogens with one attached hydrogen (secondary N) is 2. The standard InChI is InChI=1S/C21H23ClN4O/c1-14-7-8-17(22)12-19(14)26-21-13-20(24-15(2)25-21)23-10-9-16-5-4-6-18(11-16)27-3/h4-8,11-13H,9-10H2,1-3H3,(H2,23,24,25,26). The van der Waals surface area contributed by atoms with E-state index >= 15 is 0 Å². The van der Waals surface area contributed by atoms with E-state index in [2.05, 4.69) is 26.7 Å². The fourth-order valence-electron chi connectivity index (χ4n) is 2.75. The molecule has 5 nitrogen and oxygen atoms in total. The zero-order valence-electron chi connectivity index (χ0n) is 15.7. The number of hydrogen-bond acceptors (Lipinski definition) is 5. The van der Waals surface area contributed by atoms with Crippen LogP contribution in [0.5, 0.6) is 5.75 Å². The topological polar surface area (TPSA) is 59.1 Å². The Bertz CT molecular complexity index is 930. The van der Waals surface area contributed by atoms with E-state index in [4.69, 9.17) is 16.3 Å². The Kier molecular flexibility index (Phi) is 6.14. The lowest BCUT2D eigenvalue weighted by molar-refractivity contribution is 0.414. The Balaban J connectivity index is 1.67. The molecule has 2 N–H and O–H groups in total. The molecule has 0 amide bonds. The van der Waals surface area contributed by atoms with Crippen molar-refractivity contribution >= 4 is 28.9 Å². The van der Waals surface area contributed by atoms with Gasteiger partial charge in [-0.3, -0.25) is 0 Å². The van der Waals surface area contributed by atoms with Crippen LogP contribution >= 0.6 is 11.6 Å². The number of aryl methyl sites for hydroxylation is 2. The van der Waals surface area contributed by atoms with Gasteiger partial charge in [0.05, 0.1) is 7.11 Å². The lowest BCUT2D eigenvalue weighted by Crippen LogP contribution is -2.08. The summed E-state index contributed by atoms with van der Waals surface area (Å²) in [6, 6.07) is 15.7. The number of benzene rings is 2. The van der Waals surface area contributed by atoms with Crippen molar-refractivity contribution in [2.45, 2.75) is 20.3 Å². The van der Waals surface area contributed by atoms with Gasteiger partial charge in [0.15, 0.2) is 0 Å². The summed E-state index contributed by atoms with van der Waals surface area (Å²) in [4.78, 5) is 8.93. The molecule has 0 saturated heterocycles. The van der Waals surface area contributed by atoms with E-state index < -0.39 is 0 Å². The number of halogens is 1. The summed E-state index contributed by atoms with van der Waals surface area (Å²) in [5.74, 6) is 3.08. The molecule has 6 heteroatoms. The predicted octanol–water partition coefficient (Wildman–Crippen LogP) is 5.15. The minimum Gasteiger partial charge on any atom is -0.497 e. The average Bonchev–Trinajstić information content (AvgIpc) is 2.64. The zero-order chi connectivity index (χ0) is 19.2. The third kappa shape index (κ3) is 5.34. The minimum absolute atomic E-state index is 0.686. The first-order chi connectivity index (χ1) is 13.0. The van der Waals surface area contributed by atoms with Crippen molar-refractivity contribution in [3.63, 3.8) is 0 Å². The Morgan fingerprint density at radius 1 is 1.00 bits per heavy atom. The third-order valence-electron chi connectivity index (χ3n) is 4.15. The molecule has 0 atom stereocenters. The summed E-state index contributed by atoms with van der Waals surface area (Å²) in [5, 5.41) is 7.38. The Morgan fingerprint density at radius 3 is 2.63 bits per heavy atom. The largest absolute Gasteiger partial charge is 0.497 e. The molecule has 0 radical (unpaired) electrons. The van der Waals surface area contributed by atoms with Crippen LogP contribution in [0.2, 0.25) is 5.02 Å². The SMILES string of the molecule is COc1cccc(CCNc2cc(Nc3cc(Cl)ccc3C)nc(C)n2)c1. The van der Waals surface area contributed by atoms with Crippen LogP contribution in [0, 0.1) is 13.8 Å². The van der Waals surface area contributed by atoms with E-state index in [0.717, 1.165) is 41.6 Å². The number of anilines is 3. The Labute approximate surface area is 164 Å². The van der Waals surface area contributed by atoms with E-state index in [1.807, 2.05) is 56.3 Å². The molecule has 0 bridgehead atoms. The van der Waals surface area contributed by atoms with Gasteiger partial charge in [0, 0.05) is 23.3 Å². The first kappa shape index (κ1) is 19.0. The fourth-order valence-corrected chi connectivity index (χ4v) is 2.92. The molecule has 0 saturated carbocycles. The van der Waals surface area contributed by atoms with Crippen molar-refractivity contribution in [2.75, 3.05) is 24.3 Å². The number of nitrogens with zero attached hydrogens (tertiary/aromatic N) is 2. The van der Waals surface area contributed by atoms with Crippen LogP contribution in [-0.4, -0.2) is 23.6 Å². The molecule has 27 heavy (non-hydrogen) atoms. The second-order valence-corrected chi connectivity index (χ2v) is 6.73. The van der Waals surface area contributed by atoms with Crippen molar-refractivity contribution in [3.05, 3.63) is 70.5 Å². The highest BCUT2D eigenvalue weighted by Gasteiger charge is 2.05. The van der Waals surface area contributed by atoms with Gasteiger partial charge in [-0.05, 0) is 55.7 Å². The van der Waals surface area contributed by atoms with Crippen LogP contribution in [-0.2, 0) is 6.42 Å². The molecule has 0 aliphatic rings. The molecule has 0 spiro atoms. The van der Waals surface area contributed by atoms with Crippen molar-refractivity contribution in [2.24, 2.45) is 0 Å². The van der Waals surface area contributed by atoms with E-state index in [9.17, 15) is 0 Å². The average molecular weight is 383 g/mol. The Hall–Kier alpha value is -2.79. The van der Waals surface area contributed by atoms with Gasteiger partial charge in [0.25, 0.3) is 0 Å². The highest BCUT2D eigenvalue weighted by atomic mass is 35.5. The van der Waals surface area contributed by atoms with E-state index in [0.29, 0.717) is 10.8 Å². The van der Waals surface area contributed by atoms with Gasteiger partial charge in [-0.2, -0.15) is 0 Å². The molecule has 140 valence electrons. The molecular formula is C21H23ClN4O. The summed E-state index contributed by atoms with van der Waals surface area (Å²) in [6.45, 7) is 4.67. The molecule has 3 rings (SSSR count). The highest BCUT2D eigenvalue weighted by Crippen LogP contribution is 2.24. The van der Waals surface area contributed by atoms with Crippen LogP contribution < -0.4 is 15.4 Å². The highest BCUT2D eigenvalue weighted by molar-refractivity contribution is 6.30.